The summed E-state index contributed by atoms with van der Waals surface area (Å²) in [7, 11) is 0. The highest BCUT2D eigenvalue weighted by Crippen LogP contribution is 2.31. The van der Waals surface area contributed by atoms with Crippen LogP contribution >= 0.6 is 0 Å². The molecule has 10 heteroatoms. The van der Waals surface area contributed by atoms with Crippen LogP contribution in [0.4, 0.5) is 10.2 Å². The smallest absolute Gasteiger partial charge is 0.351 e. The minimum Gasteiger partial charge on any atom is -0.462 e. The number of hydrogen-bond donors (Lipinski definition) is 3. The summed E-state index contributed by atoms with van der Waals surface area (Å²) in [6.45, 7) is 3.12. The van der Waals surface area contributed by atoms with Crippen molar-refractivity contribution in [1.29, 1.82) is 0 Å². The van der Waals surface area contributed by atoms with Crippen LogP contribution in [0.5, 0.6) is 0 Å². The number of anilines is 1. The highest BCUT2D eigenvalue weighted by atomic mass is 19.1. The Hall–Kier alpha value is -2.04. The Balaban J connectivity index is 2.05. The lowest BCUT2D eigenvalue weighted by Gasteiger charge is -2.18. The molecule has 1 fully saturated rings. The predicted molar refractivity (Wildman–Crippen MR) is 81.5 cm³/mol. The maximum atomic E-state index is 14.3. The summed E-state index contributed by atoms with van der Waals surface area (Å²) in [5.41, 5.74) is 10.2. The van der Waals surface area contributed by atoms with Gasteiger partial charge in [0, 0.05) is 6.20 Å². The third-order valence-corrected chi connectivity index (χ3v) is 3.80. The minimum absolute atomic E-state index is 0.0154. The predicted octanol–water partition coefficient (Wildman–Crippen LogP) is -1.05. The van der Waals surface area contributed by atoms with Crippen LogP contribution < -0.4 is 17.2 Å². The molecule has 1 aliphatic heterocycles. The highest BCUT2D eigenvalue weighted by Gasteiger charge is 2.46. The van der Waals surface area contributed by atoms with Gasteiger partial charge in [0.15, 0.2) is 12.4 Å². The molecule has 0 aromatic carbocycles. The zero-order chi connectivity index (χ0) is 18.0. The standard InChI is InChI=1S/C14H21FN4O5/c1-6(2)10(17)13(21)23-5-7-11(20)9(15)12(24-7)19-4-3-8(16)18-14(19)22/h3-4,6-7,9-12,20H,5,17H2,1-2H3,(H2,16,18,22). The van der Waals surface area contributed by atoms with Crippen molar-refractivity contribution < 1.29 is 23.8 Å². The monoisotopic (exact) mass is 344 g/mol. The van der Waals surface area contributed by atoms with E-state index in [0.29, 0.717) is 0 Å². The molecule has 0 amide bonds. The molecule has 5 atom stereocenters. The number of carbonyl (C=O) groups excluding carboxylic acids is 1. The van der Waals surface area contributed by atoms with Crippen molar-refractivity contribution in [3.05, 3.63) is 22.7 Å². The number of aromatic nitrogens is 2. The van der Waals surface area contributed by atoms with E-state index >= 15 is 0 Å². The van der Waals surface area contributed by atoms with Crippen LogP contribution in [0.2, 0.25) is 0 Å². The molecule has 1 aromatic rings. The molecular weight excluding hydrogens is 323 g/mol. The fraction of sp³-hybridized carbons (Fsp3) is 0.643. The van der Waals surface area contributed by atoms with Crippen molar-refractivity contribution in [2.24, 2.45) is 11.7 Å². The first kappa shape index (κ1) is 18.3. The van der Waals surface area contributed by atoms with Gasteiger partial charge in [-0.1, -0.05) is 13.8 Å². The van der Waals surface area contributed by atoms with E-state index in [9.17, 15) is 19.1 Å². The van der Waals surface area contributed by atoms with Crippen molar-refractivity contribution in [2.45, 2.75) is 44.5 Å². The summed E-state index contributed by atoms with van der Waals surface area (Å²) in [5.74, 6) is -0.822. The summed E-state index contributed by atoms with van der Waals surface area (Å²) in [4.78, 5) is 26.9. The second kappa shape index (κ2) is 7.24. The first-order valence-corrected chi connectivity index (χ1v) is 7.47. The summed E-state index contributed by atoms with van der Waals surface area (Å²) in [5, 5.41) is 9.91. The van der Waals surface area contributed by atoms with Crippen LogP contribution in [0.1, 0.15) is 20.1 Å². The van der Waals surface area contributed by atoms with Gasteiger partial charge in [-0.25, -0.2) is 9.18 Å². The number of alkyl halides is 1. The number of hydrogen-bond acceptors (Lipinski definition) is 8. The number of nitrogens with two attached hydrogens (primary N) is 2. The van der Waals surface area contributed by atoms with E-state index in [1.165, 1.54) is 12.3 Å². The van der Waals surface area contributed by atoms with Gasteiger partial charge in [-0.05, 0) is 12.0 Å². The maximum absolute atomic E-state index is 14.3. The average molecular weight is 344 g/mol. The Morgan fingerprint density at radius 2 is 2.25 bits per heavy atom. The second-order valence-corrected chi connectivity index (χ2v) is 5.94. The van der Waals surface area contributed by atoms with Gasteiger partial charge in [-0.15, -0.1) is 0 Å². The number of ether oxygens (including phenoxy) is 2. The van der Waals surface area contributed by atoms with E-state index in [0.717, 1.165) is 4.57 Å². The normalized spacial score (nSPS) is 28.1. The van der Waals surface area contributed by atoms with Crippen LogP contribution in [0, 0.1) is 5.92 Å². The molecule has 1 saturated heterocycles. The number of aliphatic hydroxyl groups excluding tert-OH is 1. The third-order valence-electron chi connectivity index (χ3n) is 3.80. The first-order valence-electron chi connectivity index (χ1n) is 7.47. The lowest BCUT2D eigenvalue weighted by Crippen LogP contribution is -2.40. The molecule has 0 radical (unpaired) electrons. The zero-order valence-corrected chi connectivity index (χ0v) is 13.3. The van der Waals surface area contributed by atoms with Crippen molar-refractivity contribution in [3.8, 4) is 0 Å². The van der Waals surface area contributed by atoms with Gasteiger partial charge < -0.3 is 26.0 Å². The van der Waals surface area contributed by atoms with Gasteiger partial charge in [0.2, 0.25) is 0 Å². The number of rotatable bonds is 5. The fourth-order valence-electron chi connectivity index (χ4n) is 2.22. The van der Waals surface area contributed by atoms with Gasteiger partial charge in [-0.2, -0.15) is 4.98 Å². The Labute approximate surface area is 137 Å². The number of carbonyl (C=O) groups is 1. The Morgan fingerprint density at radius 3 is 2.83 bits per heavy atom. The van der Waals surface area contributed by atoms with Crippen LogP contribution in [0.15, 0.2) is 17.1 Å². The van der Waals surface area contributed by atoms with E-state index in [2.05, 4.69) is 4.98 Å². The first-order chi connectivity index (χ1) is 11.2. The molecule has 1 aromatic heterocycles. The molecule has 9 nitrogen and oxygen atoms in total. The number of nitrogen functional groups attached to an aromatic ring is 1. The summed E-state index contributed by atoms with van der Waals surface area (Å²) in [6, 6.07) is 0.475. The number of nitrogens with zero attached hydrogens (tertiary/aromatic N) is 2. The largest absolute Gasteiger partial charge is 0.462 e. The molecule has 24 heavy (non-hydrogen) atoms. The van der Waals surface area contributed by atoms with E-state index in [1.54, 1.807) is 13.8 Å². The Kier molecular flexibility index (Phi) is 5.52. The zero-order valence-electron chi connectivity index (χ0n) is 13.3. The quantitative estimate of drug-likeness (QED) is 0.574. The molecule has 0 aliphatic carbocycles. The van der Waals surface area contributed by atoms with Crippen LogP contribution in [-0.2, 0) is 14.3 Å². The molecule has 5 unspecified atom stereocenters. The molecule has 0 bridgehead atoms. The van der Waals surface area contributed by atoms with Gasteiger partial charge >= 0.3 is 11.7 Å². The topological polar surface area (TPSA) is 143 Å². The fourth-order valence-corrected chi connectivity index (χ4v) is 2.22. The maximum Gasteiger partial charge on any atom is 0.351 e. The van der Waals surface area contributed by atoms with Crippen LogP contribution in [0.25, 0.3) is 0 Å². The SMILES string of the molecule is CC(C)C(N)C(=O)OCC1OC(n2ccc(N)nc2=O)C(F)C1O. The highest BCUT2D eigenvalue weighted by molar-refractivity contribution is 5.75. The van der Waals surface area contributed by atoms with Crippen LogP contribution in [0.3, 0.4) is 0 Å². The van der Waals surface area contributed by atoms with E-state index in [1.807, 2.05) is 0 Å². The molecule has 0 spiro atoms. The Morgan fingerprint density at radius 1 is 1.58 bits per heavy atom. The molecule has 2 heterocycles. The number of halogens is 1. The molecular formula is C14H21FN4O5. The van der Waals surface area contributed by atoms with Crippen molar-refractivity contribution in [3.63, 3.8) is 0 Å². The van der Waals surface area contributed by atoms with Gasteiger partial charge in [-0.3, -0.25) is 9.36 Å². The molecule has 0 saturated carbocycles. The van der Waals surface area contributed by atoms with Crippen LogP contribution in [-0.4, -0.2) is 51.7 Å². The van der Waals surface area contributed by atoms with Crippen molar-refractivity contribution in [1.82, 2.24) is 9.55 Å². The lowest BCUT2D eigenvalue weighted by molar-refractivity contribution is -0.152. The third kappa shape index (κ3) is 3.71. The van der Waals surface area contributed by atoms with Gasteiger partial charge in [0.1, 0.15) is 30.7 Å². The van der Waals surface area contributed by atoms with Crippen molar-refractivity contribution in [2.75, 3.05) is 12.3 Å². The lowest BCUT2D eigenvalue weighted by atomic mass is 10.1. The number of aliphatic hydroxyl groups is 1. The van der Waals surface area contributed by atoms with Gasteiger partial charge in [0.25, 0.3) is 0 Å². The summed E-state index contributed by atoms with van der Waals surface area (Å²) < 4.78 is 25.4. The minimum atomic E-state index is -1.89. The number of esters is 1. The van der Waals surface area contributed by atoms with Gasteiger partial charge in [0.05, 0.1) is 0 Å². The van der Waals surface area contributed by atoms with E-state index in [4.69, 9.17) is 20.9 Å². The van der Waals surface area contributed by atoms with Crippen molar-refractivity contribution >= 4 is 11.8 Å². The molecule has 2 rings (SSSR count). The average Bonchev–Trinajstić information content (AvgIpc) is 2.80. The molecule has 134 valence electrons. The second-order valence-electron chi connectivity index (χ2n) is 5.94. The molecule has 1 aliphatic rings. The molecule has 5 N–H and O–H groups in total. The summed E-state index contributed by atoms with van der Waals surface area (Å²) in [6.07, 6.45) is -4.75. The van der Waals surface area contributed by atoms with E-state index in [-0.39, 0.29) is 18.3 Å². The Bertz CT molecular complexity index is 652. The van der Waals surface area contributed by atoms with E-state index < -0.39 is 42.3 Å². The summed E-state index contributed by atoms with van der Waals surface area (Å²) >= 11 is 0.